The maximum Gasteiger partial charge on any atom is 0.0880 e. The molecule has 0 spiro atoms. The lowest BCUT2D eigenvalue weighted by Gasteiger charge is -2.55. The quantitative estimate of drug-likeness (QED) is 0.637. The summed E-state index contributed by atoms with van der Waals surface area (Å²) in [4.78, 5) is 2.50. The molecule has 0 aromatic rings. The minimum Gasteiger partial charge on any atom is -0.376 e. The van der Waals surface area contributed by atoms with E-state index in [1.807, 2.05) is 0 Å². The summed E-state index contributed by atoms with van der Waals surface area (Å²) in [6.07, 6.45) is 1.71. The normalized spacial score (nSPS) is 31.9. The molecule has 2 rings (SSSR count). The number of hydrogen-bond donors (Lipinski definition) is 0. The Balaban J connectivity index is 1.51. The molecule has 0 amide bonds. The van der Waals surface area contributed by atoms with Gasteiger partial charge in [0.15, 0.2) is 0 Å². The van der Waals surface area contributed by atoms with Gasteiger partial charge in [-0.1, -0.05) is 0 Å². The van der Waals surface area contributed by atoms with Crippen molar-refractivity contribution in [1.82, 2.24) is 4.90 Å². The second-order valence-corrected chi connectivity index (χ2v) is 5.25. The summed E-state index contributed by atoms with van der Waals surface area (Å²) in [5.41, 5.74) is 0.0110. The van der Waals surface area contributed by atoms with Crippen molar-refractivity contribution < 1.29 is 9.47 Å². The molecule has 2 aliphatic heterocycles. The van der Waals surface area contributed by atoms with E-state index in [-0.39, 0.29) is 5.60 Å². The Kier molecular flexibility index (Phi) is 2.82. The van der Waals surface area contributed by atoms with E-state index in [4.69, 9.17) is 9.47 Å². The average molecular weight is 199 g/mol. The van der Waals surface area contributed by atoms with Crippen molar-refractivity contribution in [3.05, 3.63) is 0 Å². The zero-order chi connectivity index (χ0) is 10.2. The fourth-order valence-electron chi connectivity index (χ4n) is 1.96. The third-order valence-corrected chi connectivity index (χ3v) is 2.92. The number of rotatable bonds is 4. The van der Waals surface area contributed by atoms with Crippen LogP contribution in [0.15, 0.2) is 0 Å². The summed E-state index contributed by atoms with van der Waals surface area (Å²) < 4.78 is 11.0. The maximum absolute atomic E-state index is 5.67. The fourth-order valence-corrected chi connectivity index (χ4v) is 1.96. The van der Waals surface area contributed by atoms with Gasteiger partial charge in [-0.15, -0.1) is 0 Å². The summed E-state index contributed by atoms with van der Waals surface area (Å²) in [6.45, 7) is 10.4. The largest absolute Gasteiger partial charge is 0.376 e. The van der Waals surface area contributed by atoms with E-state index in [0.717, 1.165) is 32.2 Å². The van der Waals surface area contributed by atoms with Crippen LogP contribution >= 0.6 is 0 Å². The molecule has 0 saturated carbocycles. The van der Waals surface area contributed by atoms with Gasteiger partial charge in [-0.25, -0.2) is 0 Å². The molecule has 0 radical (unpaired) electrons. The van der Waals surface area contributed by atoms with Crippen LogP contribution in [0, 0.1) is 0 Å². The number of ether oxygens (including phenoxy) is 2. The number of likely N-dealkylation sites (tertiary alicyclic amines) is 1. The number of morpholine rings is 1. The first-order valence-corrected chi connectivity index (χ1v) is 5.56. The zero-order valence-electron chi connectivity index (χ0n) is 9.45. The monoisotopic (exact) mass is 199 g/mol. The second-order valence-electron chi connectivity index (χ2n) is 5.25. The molecule has 82 valence electrons. The number of hydrogen-bond acceptors (Lipinski definition) is 3. The van der Waals surface area contributed by atoms with Crippen molar-refractivity contribution in [2.24, 2.45) is 0 Å². The van der Waals surface area contributed by atoms with E-state index >= 15 is 0 Å². The van der Waals surface area contributed by atoms with E-state index in [0.29, 0.717) is 6.10 Å². The molecule has 2 heterocycles. The standard InChI is InChI=1S/C11H21NO2/c1-11(2,3)14-6-4-5-12-7-10-9(12)8-13-10/h9-10H,4-8H2,1-3H3/t9-,10?/m0/s1. The van der Waals surface area contributed by atoms with Crippen molar-refractivity contribution in [2.45, 2.75) is 44.9 Å². The Morgan fingerprint density at radius 1 is 1.43 bits per heavy atom. The maximum atomic E-state index is 5.67. The molecule has 14 heavy (non-hydrogen) atoms. The van der Waals surface area contributed by atoms with E-state index in [1.54, 1.807) is 0 Å². The van der Waals surface area contributed by atoms with Crippen LogP contribution in [0.25, 0.3) is 0 Å². The highest BCUT2D eigenvalue weighted by molar-refractivity contribution is 4.99. The van der Waals surface area contributed by atoms with Crippen LogP contribution in [-0.4, -0.2) is 49.0 Å². The number of nitrogens with zero attached hydrogens (tertiary/aromatic N) is 1. The van der Waals surface area contributed by atoms with Gasteiger partial charge in [-0.05, 0) is 27.2 Å². The molecule has 2 aliphatic rings. The van der Waals surface area contributed by atoms with Crippen LogP contribution < -0.4 is 0 Å². The molecule has 0 aromatic heterocycles. The van der Waals surface area contributed by atoms with Gasteiger partial charge in [0.25, 0.3) is 0 Å². The summed E-state index contributed by atoms with van der Waals surface area (Å²) >= 11 is 0. The predicted octanol–water partition coefficient (Wildman–Crippen LogP) is 1.27. The van der Waals surface area contributed by atoms with E-state index in [1.165, 1.54) is 6.54 Å². The fraction of sp³-hybridized carbons (Fsp3) is 1.00. The van der Waals surface area contributed by atoms with Gasteiger partial charge in [-0.2, -0.15) is 0 Å². The molecule has 0 aliphatic carbocycles. The highest BCUT2D eigenvalue weighted by Crippen LogP contribution is 2.29. The van der Waals surface area contributed by atoms with Crippen molar-refractivity contribution >= 4 is 0 Å². The lowest BCUT2D eigenvalue weighted by Crippen LogP contribution is -2.70. The minimum absolute atomic E-state index is 0.0110. The molecule has 0 N–H and O–H groups in total. The molecule has 2 saturated heterocycles. The van der Waals surface area contributed by atoms with Crippen LogP contribution in [0.1, 0.15) is 27.2 Å². The molecular weight excluding hydrogens is 178 g/mol. The SMILES string of the molecule is CC(C)(C)OCCCN1CC2OC[C@@H]21. The van der Waals surface area contributed by atoms with Crippen molar-refractivity contribution in [2.75, 3.05) is 26.3 Å². The van der Waals surface area contributed by atoms with E-state index in [9.17, 15) is 0 Å². The van der Waals surface area contributed by atoms with E-state index < -0.39 is 0 Å². The Hall–Kier alpha value is -0.120. The van der Waals surface area contributed by atoms with Gasteiger partial charge in [0.2, 0.25) is 0 Å². The summed E-state index contributed by atoms with van der Waals surface area (Å²) in [7, 11) is 0. The van der Waals surface area contributed by atoms with Crippen molar-refractivity contribution in [1.29, 1.82) is 0 Å². The Bertz CT molecular complexity index is 200. The second kappa shape index (κ2) is 3.80. The lowest BCUT2D eigenvalue weighted by molar-refractivity contribution is -0.215. The highest BCUT2D eigenvalue weighted by atomic mass is 16.5. The Morgan fingerprint density at radius 3 is 2.64 bits per heavy atom. The summed E-state index contributed by atoms with van der Waals surface area (Å²) in [5, 5.41) is 0. The first kappa shape index (κ1) is 10.4. The molecule has 1 unspecified atom stereocenters. The minimum atomic E-state index is 0.0110. The van der Waals surface area contributed by atoms with Crippen LogP contribution in [0.4, 0.5) is 0 Å². The molecule has 0 aromatic carbocycles. The van der Waals surface area contributed by atoms with Crippen molar-refractivity contribution in [3.8, 4) is 0 Å². The van der Waals surface area contributed by atoms with E-state index in [2.05, 4.69) is 25.7 Å². The van der Waals surface area contributed by atoms with Gasteiger partial charge in [0.1, 0.15) is 0 Å². The highest BCUT2D eigenvalue weighted by Gasteiger charge is 2.46. The summed E-state index contributed by atoms with van der Waals surface area (Å²) in [6, 6.07) is 0.740. The van der Waals surface area contributed by atoms with Gasteiger partial charge in [-0.3, -0.25) is 4.90 Å². The zero-order valence-corrected chi connectivity index (χ0v) is 9.45. The van der Waals surface area contributed by atoms with Gasteiger partial charge in [0, 0.05) is 19.7 Å². The van der Waals surface area contributed by atoms with Crippen LogP contribution in [-0.2, 0) is 9.47 Å². The Labute approximate surface area is 86.4 Å². The molecule has 0 bridgehead atoms. The van der Waals surface area contributed by atoms with Crippen molar-refractivity contribution in [3.63, 3.8) is 0 Å². The van der Waals surface area contributed by atoms with Crippen LogP contribution in [0.3, 0.4) is 0 Å². The first-order chi connectivity index (χ1) is 6.56. The van der Waals surface area contributed by atoms with Gasteiger partial charge >= 0.3 is 0 Å². The number of fused-ring (bicyclic) bond motifs is 1. The molecule has 3 heteroatoms. The van der Waals surface area contributed by atoms with Gasteiger partial charge in [0.05, 0.1) is 24.4 Å². The van der Waals surface area contributed by atoms with Crippen LogP contribution in [0.2, 0.25) is 0 Å². The molecular formula is C11H21NO2. The van der Waals surface area contributed by atoms with Crippen LogP contribution in [0.5, 0.6) is 0 Å². The third kappa shape index (κ3) is 2.27. The first-order valence-electron chi connectivity index (χ1n) is 5.56. The third-order valence-electron chi connectivity index (χ3n) is 2.92. The lowest BCUT2D eigenvalue weighted by atomic mass is 9.95. The molecule has 2 fully saturated rings. The van der Waals surface area contributed by atoms with Gasteiger partial charge < -0.3 is 9.47 Å². The Morgan fingerprint density at radius 2 is 2.21 bits per heavy atom. The molecule has 3 nitrogen and oxygen atoms in total. The summed E-state index contributed by atoms with van der Waals surface area (Å²) in [5.74, 6) is 0. The predicted molar refractivity (Wildman–Crippen MR) is 55.4 cm³/mol. The topological polar surface area (TPSA) is 21.7 Å². The average Bonchev–Trinajstić information content (AvgIpc) is 2.04. The molecule has 2 atom stereocenters. The smallest absolute Gasteiger partial charge is 0.0880 e.